The zero-order chi connectivity index (χ0) is 36.4. The first-order chi connectivity index (χ1) is 20.3. The van der Waals surface area contributed by atoms with E-state index in [9.17, 15) is 4.79 Å². The third-order valence-corrected chi connectivity index (χ3v) is 30.3. The lowest BCUT2D eigenvalue weighted by molar-refractivity contribution is -0.128. The van der Waals surface area contributed by atoms with Gasteiger partial charge in [0.05, 0.1) is 31.0 Å². The molecule has 274 valence electrons. The summed E-state index contributed by atoms with van der Waals surface area (Å²) in [6.45, 7) is 49.3. The highest BCUT2D eigenvalue weighted by Gasteiger charge is 2.55. The van der Waals surface area contributed by atoms with Crippen LogP contribution in [0.1, 0.15) is 109 Å². The smallest absolute Gasteiger partial charge is 0.192 e. The van der Waals surface area contributed by atoms with Gasteiger partial charge in [-0.1, -0.05) is 89.5 Å². The quantitative estimate of drug-likeness (QED) is 0.0955. The number of carbonyl (C=O) groups is 1. The van der Waals surface area contributed by atoms with E-state index in [2.05, 4.69) is 140 Å². The number of piperidine rings is 1. The molecule has 0 bridgehead atoms. The molecule has 46 heavy (non-hydrogen) atoms. The molecule has 1 saturated heterocycles. The first kappa shape index (κ1) is 44.4. The largest absolute Gasteiger partial charge is 0.415 e. The van der Waals surface area contributed by atoms with Crippen molar-refractivity contribution in [1.82, 2.24) is 4.90 Å². The summed E-state index contributed by atoms with van der Waals surface area (Å²) in [5.41, 5.74) is 0. The molecular formula is C36H79NO5Si4. The molecule has 0 radical (unpaired) electrons. The average molecular weight is 718 g/mol. The van der Waals surface area contributed by atoms with Crippen LogP contribution in [0.25, 0.3) is 0 Å². The molecular weight excluding hydrogens is 639 g/mol. The molecule has 3 unspecified atom stereocenters. The third-order valence-electron chi connectivity index (χ3n) is 12.4. The van der Waals surface area contributed by atoms with E-state index >= 15 is 0 Å². The van der Waals surface area contributed by atoms with Crippen LogP contribution >= 0.6 is 0 Å². The lowest BCUT2D eigenvalue weighted by Crippen LogP contribution is -2.70. The Morgan fingerprint density at radius 3 is 1.41 bits per heavy atom. The number of nitrogens with zero attached hydrogens (tertiary/aromatic N) is 1. The van der Waals surface area contributed by atoms with Gasteiger partial charge in [0.1, 0.15) is 6.29 Å². The number of rotatable bonds is 15. The Morgan fingerprint density at radius 1 is 0.587 bits per heavy atom. The molecule has 4 atom stereocenters. The fraction of sp³-hybridized carbons (Fsp3) is 0.972. The van der Waals surface area contributed by atoms with E-state index < -0.39 is 33.3 Å². The maximum atomic E-state index is 11.1. The standard InChI is InChI=1S/C36H79NO5Si4/c1-33(2,3)43(13,14)39-28-29-31(41-45(17,18)35(7,8)9)32(42-46(19,20)36(10,11)12)30(40-44(15,16)34(4,5)6)27-37(29)25-23-21-22-24-26-38/h26,29-32H,21-25,27-28H2,1-20H3/t29-,30?,31?,32?/m1/s1. The lowest BCUT2D eigenvalue weighted by atomic mass is 9.94. The van der Waals surface area contributed by atoms with Gasteiger partial charge in [-0.15, -0.1) is 0 Å². The van der Waals surface area contributed by atoms with Crippen molar-refractivity contribution < 1.29 is 22.5 Å². The van der Waals surface area contributed by atoms with E-state index in [1.54, 1.807) is 0 Å². The van der Waals surface area contributed by atoms with Crippen molar-refractivity contribution in [2.75, 3.05) is 19.7 Å². The summed E-state index contributed by atoms with van der Waals surface area (Å²) in [4.78, 5) is 13.7. The number of carbonyl (C=O) groups excluding carboxylic acids is 1. The van der Waals surface area contributed by atoms with Gasteiger partial charge in [-0.25, -0.2) is 0 Å². The van der Waals surface area contributed by atoms with Crippen LogP contribution in [0.5, 0.6) is 0 Å². The van der Waals surface area contributed by atoms with Crippen LogP contribution in [-0.4, -0.2) is 88.5 Å². The highest BCUT2D eigenvalue weighted by molar-refractivity contribution is 6.75. The number of unbranched alkanes of at least 4 members (excludes halogenated alkanes) is 3. The van der Waals surface area contributed by atoms with Crippen molar-refractivity contribution in [1.29, 1.82) is 0 Å². The highest BCUT2D eigenvalue weighted by atomic mass is 28.4. The predicted octanol–water partition coefficient (Wildman–Crippen LogP) is 10.6. The molecule has 0 aromatic carbocycles. The van der Waals surface area contributed by atoms with E-state index in [4.69, 9.17) is 17.7 Å². The van der Waals surface area contributed by atoms with Crippen LogP contribution in [0.2, 0.25) is 72.5 Å². The van der Waals surface area contributed by atoms with Crippen LogP contribution in [0.3, 0.4) is 0 Å². The Morgan fingerprint density at radius 2 is 1.00 bits per heavy atom. The van der Waals surface area contributed by atoms with E-state index in [-0.39, 0.29) is 44.5 Å². The van der Waals surface area contributed by atoms with Crippen LogP contribution in [0, 0.1) is 0 Å². The molecule has 0 N–H and O–H groups in total. The van der Waals surface area contributed by atoms with Crippen LogP contribution in [0.4, 0.5) is 0 Å². The second-order valence-electron chi connectivity index (χ2n) is 20.3. The van der Waals surface area contributed by atoms with Crippen molar-refractivity contribution in [3.63, 3.8) is 0 Å². The summed E-state index contributed by atoms with van der Waals surface area (Å²) in [6, 6.07) is 0.0587. The van der Waals surface area contributed by atoms with Gasteiger partial charge in [-0.3, -0.25) is 4.90 Å². The molecule has 0 saturated carbocycles. The topological polar surface area (TPSA) is 57.2 Å². The van der Waals surface area contributed by atoms with Gasteiger partial charge in [-0.05, 0) is 91.9 Å². The lowest BCUT2D eigenvalue weighted by Gasteiger charge is -2.56. The van der Waals surface area contributed by atoms with Gasteiger partial charge in [0.25, 0.3) is 0 Å². The van der Waals surface area contributed by atoms with Gasteiger partial charge < -0.3 is 22.5 Å². The van der Waals surface area contributed by atoms with E-state index in [0.717, 1.165) is 38.6 Å². The fourth-order valence-corrected chi connectivity index (χ4v) is 9.76. The number of aldehydes is 1. The van der Waals surface area contributed by atoms with Gasteiger partial charge in [-0.2, -0.15) is 0 Å². The van der Waals surface area contributed by atoms with E-state index in [0.29, 0.717) is 13.0 Å². The van der Waals surface area contributed by atoms with Crippen LogP contribution < -0.4 is 0 Å². The Kier molecular flexibility index (Phi) is 15.1. The second-order valence-corrected chi connectivity index (χ2v) is 39.3. The summed E-state index contributed by atoms with van der Waals surface area (Å²) < 4.78 is 29.7. The van der Waals surface area contributed by atoms with E-state index in [1.807, 2.05) is 0 Å². The maximum absolute atomic E-state index is 11.1. The summed E-state index contributed by atoms with van der Waals surface area (Å²) in [7, 11) is -8.63. The van der Waals surface area contributed by atoms with Crippen LogP contribution in [0.15, 0.2) is 0 Å². The zero-order valence-corrected chi connectivity index (χ0v) is 38.3. The molecule has 1 heterocycles. The SMILES string of the molecule is CC(C)(C)[Si](C)(C)OC[C@@H]1C(O[Si](C)(C)C(C)(C)C)C(O[Si](C)(C)C(C)(C)C)C(O[Si](C)(C)C(C)(C)C)CN1CCCCCC=O. The molecule has 1 aliphatic heterocycles. The van der Waals surface area contributed by atoms with Crippen molar-refractivity contribution in [2.24, 2.45) is 0 Å². The molecule has 0 spiro atoms. The molecule has 1 fully saturated rings. The summed E-state index contributed by atoms with van der Waals surface area (Å²) in [6.07, 6.45) is 4.26. The molecule has 0 aliphatic carbocycles. The molecule has 0 aromatic rings. The van der Waals surface area contributed by atoms with Gasteiger partial charge in [0, 0.05) is 13.0 Å². The Labute approximate surface area is 291 Å². The van der Waals surface area contributed by atoms with E-state index in [1.165, 1.54) is 0 Å². The fourth-order valence-electron chi connectivity index (χ4n) is 4.78. The second kappa shape index (κ2) is 15.7. The van der Waals surface area contributed by atoms with Gasteiger partial charge >= 0.3 is 0 Å². The normalized spacial score (nSPS) is 23.6. The summed E-state index contributed by atoms with van der Waals surface area (Å²) in [5, 5.41) is 0.291. The summed E-state index contributed by atoms with van der Waals surface area (Å²) in [5.74, 6) is 0. The number of hydrogen-bond acceptors (Lipinski definition) is 6. The van der Waals surface area contributed by atoms with Crippen LogP contribution in [-0.2, 0) is 22.5 Å². The first-order valence-electron chi connectivity index (χ1n) is 18.2. The first-order valence-corrected chi connectivity index (χ1v) is 29.8. The molecule has 1 aliphatic rings. The summed E-state index contributed by atoms with van der Waals surface area (Å²) >= 11 is 0. The molecule has 1 rings (SSSR count). The minimum atomic E-state index is -2.23. The maximum Gasteiger partial charge on any atom is 0.192 e. The van der Waals surface area contributed by atoms with Crippen molar-refractivity contribution in [3.05, 3.63) is 0 Å². The Hall–Kier alpha value is 0.338. The Balaban J connectivity index is 3.92. The van der Waals surface area contributed by atoms with Crippen molar-refractivity contribution in [3.8, 4) is 0 Å². The Bertz CT molecular complexity index is 957. The average Bonchev–Trinajstić information content (AvgIpc) is 2.82. The molecule has 6 nitrogen and oxygen atoms in total. The molecule has 0 aromatic heterocycles. The van der Waals surface area contributed by atoms with Gasteiger partial charge in [0.15, 0.2) is 33.3 Å². The molecule has 0 amide bonds. The van der Waals surface area contributed by atoms with Gasteiger partial charge in [0.2, 0.25) is 0 Å². The monoisotopic (exact) mass is 718 g/mol. The highest BCUT2D eigenvalue weighted by Crippen LogP contribution is 2.46. The minimum Gasteiger partial charge on any atom is -0.415 e. The predicted molar refractivity (Wildman–Crippen MR) is 209 cm³/mol. The van der Waals surface area contributed by atoms with Crippen molar-refractivity contribution in [2.45, 2.75) is 206 Å². The third kappa shape index (κ3) is 11.7. The zero-order valence-electron chi connectivity index (χ0n) is 34.3. The number of likely N-dealkylation sites (tertiary alicyclic amines) is 1. The molecule has 10 heteroatoms. The number of hydrogen-bond donors (Lipinski definition) is 0. The minimum absolute atomic E-state index is 0.0479. The van der Waals surface area contributed by atoms with Crippen molar-refractivity contribution >= 4 is 39.6 Å².